The molecule has 5 aliphatic rings. The van der Waals surface area contributed by atoms with E-state index in [0.717, 1.165) is 129 Å². The molecule has 3 N–H and O–H groups in total. The number of amides is 2. The summed E-state index contributed by atoms with van der Waals surface area (Å²) in [6, 6.07) is 16.9. The van der Waals surface area contributed by atoms with Gasteiger partial charge in [-0.15, -0.1) is 0 Å². The summed E-state index contributed by atoms with van der Waals surface area (Å²) in [6.45, 7) is 1.36. The maximum absolute atomic E-state index is 13.4. The Labute approximate surface area is 307 Å². The highest BCUT2D eigenvalue weighted by Gasteiger charge is 2.40. The number of aliphatic hydroxyl groups excluding tert-OH is 2. The van der Waals surface area contributed by atoms with E-state index in [1.807, 2.05) is 22.2 Å². The molecule has 0 spiro atoms. The highest BCUT2D eigenvalue weighted by molar-refractivity contribution is 6.03. The van der Waals surface area contributed by atoms with E-state index < -0.39 is 12.2 Å². The molecule has 3 aliphatic heterocycles. The van der Waals surface area contributed by atoms with Crippen LogP contribution in [0.25, 0.3) is 28.0 Å². The third-order valence-electron chi connectivity index (χ3n) is 12.6. The lowest BCUT2D eigenvalue weighted by Crippen LogP contribution is -2.47. The summed E-state index contributed by atoms with van der Waals surface area (Å²) >= 11 is 0. The Morgan fingerprint density at radius 1 is 0.635 bits per heavy atom. The Hall–Kier alpha value is -4.08. The van der Waals surface area contributed by atoms with Gasteiger partial charge in [0.1, 0.15) is 18.0 Å². The number of carbonyl (C=O) groups excluding carboxylic acids is 2. The first-order valence-corrected chi connectivity index (χ1v) is 19.9. The fraction of sp³-hybridized carbons (Fsp3) is 0.535. The molecule has 8 rings (SSSR count). The van der Waals surface area contributed by atoms with Crippen molar-refractivity contribution in [1.82, 2.24) is 19.8 Å². The third-order valence-corrected chi connectivity index (χ3v) is 12.6. The molecule has 0 radical (unpaired) electrons. The Morgan fingerprint density at radius 3 is 1.71 bits per heavy atom. The van der Waals surface area contributed by atoms with Crippen molar-refractivity contribution >= 4 is 23.1 Å². The van der Waals surface area contributed by atoms with E-state index in [9.17, 15) is 19.8 Å². The lowest BCUT2D eigenvalue weighted by atomic mass is 9.84. The van der Waals surface area contributed by atoms with E-state index in [1.54, 1.807) is 0 Å². The van der Waals surface area contributed by atoms with Gasteiger partial charge in [0.05, 0.1) is 24.0 Å². The van der Waals surface area contributed by atoms with Gasteiger partial charge in [0.25, 0.3) is 11.8 Å². The molecule has 9 heteroatoms. The van der Waals surface area contributed by atoms with Gasteiger partial charge in [0, 0.05) is 31.4 Å². The number of aromatic amines is 1. The van der Waals surface area contributed by atoms with Gasteiger partial charge in [-0.25, -0.2) is 4.98 Å². The summed E-state index contributed by atoms with van der Waals surface area (Å²) in [6.07, 6.45) is 16.9. The van der Waals surface area contributed by atoms with Crippen LogP contribution in [0.2, 0.25) is 0 Å². The van der Waals surface area contributed by atoms with Gasteiger partial charge in [-0.05, 0) is 91.0 Å². The smallest absolute Gasteiger partial charge is 0.252 e. The SMILES string of the molecule is O=C([C@@H](O)C1CCCCC1)N1CCC[C@H]1C1=NC=C(c2ccc(-c3ccc(-c4cnc([C@@H]5CCCN5C(=O)[C@@H](O)C5CCCCC5)[nH]4)cc3)cc2)C1. The molecule has 4 fully saturated rings. The minimum Gasteiger partial charge on any atom is -0.383 e. The van der Waals surface area contributed by atoms with Gasteiger partial charge in [-0.1, -0.05) is 87.1 Å². The van der Waals surface area contributed by atoms with Crippen molar-refractivity contribution in [3.8, 4) is 22.4 Å². The van der Waals surface area contributed by atoms with Gasteiger partial charge >= 0.3 is 0 Å². The van der Waals surface area contributed by atoms with E-state index in [0.29, 0.717) is 13.1 Å². The number of likely N-dealkylation sites (tertiary alicyclic amines) is 2. The standard InChI is InChI=1S/C43H53N5O4/c49-39(32-9-3-1-4-10-32)42(51)47-23-7-13-37(47)35-25-34(26-44-35)30-17-15-28(16-18-30)29-19-21-31(22-20-29)36-27-45-41(46-36)38-14-8-24-48(38)43(52)40(50)33-11-5-2-6-12-33/h15-22,26-27,32-33,37-40,49-50H,1-14,23-25H2,(H,45,46)/t37-,38-,39-,40-/m0/s1. The van der Waals surface area contributed by atoms with E-state index in [2.05, 4.69) is 53.5 Å². The zero-order chi connectivity index (χ0) is 35.6. The van der Waals surface area contributed by atoms with Crippen LogP contribution in [0.15, 0.2) is 65.9 Å². The van der Waals surface area contributed by atoms with Crippen LogP contribution >= 0.6 is 0 Å². The third kappa shape index (κ3) is 7.14. The zero-order valence-corrected chi connectivity index (χ0v) is 30.3. The van der Waals surface area contributed by atoms with Crippen LogP contribution < -0.4 is 0 Å². The van der Waals surface area contributed by atoms with Gasteiger partial charge in [0.2, 0.25) is 0 Å². The summed E-state index contributed by atoms with van der Waals surface area (Å²) < 4.78 is 0. The lowest BCUT2D eigenvalue weighted by Gasteiger charge is -2.32. The molecule has 4 heterocycles. The normalized spacial score (nSPS) is 24.2. The molecule has 2 aliphatic carbocycles. The predicted molar refractivity (Wildman–Crippen MR) is 203 cm³/mol. The Balaban J connectivity index is 0.874. The maximum Gasteiger partial charge on any atom is 0.252 e. The number of imidazole rings is 1. The summed E-state index contributed by atoms with van der Waals surface area (Å²) in [5.41, 5.74) is 7.51. The molecule has 0 unspecified atom stereocenters. The van der Waals surface area contributed by atoms with Crippen molar-refractivity contribution in [2.75, 3.05) is 13.1 Å². The topological polar surface area (TPSA) is 122 Å². The Morgan fingerprint density at radius 2 is 1.13 bits per heavy atom. The van der Waals surface area contributed by atoms with Crippen LogP contribution in [0.3, 0.4) is 0 Å². The number of allylic oxidation sites excluding steroid dienone is 1. The first-order chi connectivity index (χ1) is 25.4. The van der Waals surface area contributed by atoms with E-state index in [4.69, 9.17) is 9.98 Å². The largest absolute Gasteiger partial charge is 0.383 e. The van der Waals surface area contributed by atoms with Crippen LogP contribution in [0.1, 0.15) is 114 Å². The number of H-pyrrole nitrogens is 1. The lowest BCUT2D eigenvalue weighted by molar-refractivity contribution is -0.145. The quantitative estimate of drug-likeness (QED) is 0.214. The van der Waals surface area contributed by atoms with E-state index in [1.165, 1.54) is 12.8 Å². The second-order valence-electron chi connectivity index (χ2n) is 15.9. The monoisotopic (exact) mass is 703 g/mol. The molecule has 2 saturated heterocycles. The molecular weight excluding hydrogens is 651 g/mol. The summed E-state index contributed by atoms with van der Waals surface area (Å²) in [4.78, 5) is 43.5. The molecule has 0 bridgehead atoms. The number of rotatable bonds is 9. The molecule has 3 aromatic rings. The van der Waals surface area contributed by atoms with Crippen LogP contribution in [-0.2, 0) is 9.59 Å². The molecule has 9 nitrogen and oxygen atoms in total. The number of aliphatic hydroxyl groups is 2. The average Bonchev–Trinajstić information content (AvgIpc) is 4.04. The molecule has 4 atom stereocenters. The van der Waals surface area contributed by atoms with Crippen molar-refractivity contribution in [3.05, 3.63) is 72.3 Å². The summed E-state index contributed by atoms with van der Waals surface area (Å²) in [5.74, 6) is 0.704. The molecule has 274 valence electrons. The number of benzene rings is 2. The predicted octanol–water partition coefficient (Wildman–Crippen LogP) is 7.47. The highest BCUT2D eigenvalue weighted by Crippen LogP contribution is 2.36. The maximum atomic E-state index is 13.4. The van der Waals surface area contributed by atoms with Crippen molar-refractivity contribution in [2.24, 2.45) is 16.8 Å². The Kier molecular flexibility index (Phi) is 10.4. The average molecular weight is 704 g/mol. The second-order valence-corrected chi connectivity index (χ2v) is 15.9. The van der Waals surface area contributed by atoms with Gasteiger partial charge < -0.3 is 25.0 Å². The van der Waals surface area contributed by atoms with Crippen molar-refractivity contribution < 1.29 is 19.8 Å². The number of hydrogen-bond donors (Lipinski definition) is 3. The highest BCUT2D eigenvalue weighted by atomic mass is 16.3. The number of nitrogens with zero attached hydrogens (tertiary/aromatic N) is 4. The van der Waals surface area contributed by atoms with Crippen LogP contribution in [-0.4, -0.2) is 78.8 Å². The van der Waals surface area contributed by atoms with Crippen molar-refractivity contribution in [3.63, 3.8) is 0 Å². The fourth-order valence-electron chi connectivity index (χ4n) is 9.53. The number of aliphatic imine (C=N–C) groups is 1. The van der Waals surface area contributed by atoms with E-state index >= 15 is 0 Å². The molecule has 1 aromatic heterocycles. The molecule has 2 aromatic carbocycles. The van der Waals surface area contributed by atoms with Gasteiger partial charge in [-0.3, -0.25) is 14.6 Å². The van der Waals surface area contributed by atoms with Gasteiger partial charge in [-0.2, -0.15) is 0 Å². The minimum absolute atomic E-state index is 0.0260. The first kappa shape index (κ1) is 35.0. The molecule has 2 saturated carbocycles. The van der Waals surface area contributed by atoms with Crippen LogP contribution in [0.4, 0.5) is 0 Å². The first-order valence-electron chi connectivity index (χ1n) is 19.9. The fourth-order valence-corrected chi connectivity index (χ4v) is 9.53. The van der Waals surface area contributed by atoms with Crippen LogP contribution in [0, 0.1) is 11.8 Å². The van der Waals surface area contributed by atoms with Crippen molar-refractivity contribution in [2.45, 2.75) is 121 Å². The Bertz CT molecular complexity index is 1780. The zero-order valence-electron chi connectivity index (χ0n) is 30.3. The molecule has 52 heavy (non-hydrogen) atoms. The van der Waals surface area contributed by atoms with Gasteiger partial charge in [0.15, 0.2) is 0 Å². The number of aromatic nitrogens is 2. The minimum atomic E-state index is -0.913. The number of hydrogen-bond acceptors (Lipinski definition) is 6. The second kappa shape index (κ2) is 15.5. The number of nitrogens with one attached hydrogen (secondary N) is 1. The van der Waals surface area contributed by atoms with Crippen LogP contribution in [0.5, 0.6) is 0 Å². The van der Waals surface area contributed by atoms with Crippen molar-refractivity contribution in [1.29, 1.82) is 0 Å². The molecule has 2 amide bonds. The van der Waals surface area contributed by atoms with E-state index in [-0.39, 0.29) is 35.7 Å². The number of carbonyl (C=O) groups is 2. The summed E-state index contributed by atoms with van der Waals surface area (Å²) in [7, 11) is 0. The summed E-state index contributed by atoms with van der Waals surface area (Å²) in [5, 5.41) is 21.9. The molecular formula is C43H53N5O4.